The van der Waals surface area contributed by atoms with Crippen LogP contribution in [0.3, 0.4) is 0 Å². The standard InChI is InChI=1S/C23H38O7Si/c1-26-18(25)14-15-8-9-17-20(27-15)22-21(29-23(30-22)11-6-5-7-12-23)19(28-17)16(24)10-13-31(2,3)4/h10,13,15-17,19-22,24H,5-9,11-12,14H2,1-4H3/b13-10+/t15-,16?,17+,19+,20+,21?,22+/m1/s1. The molecule has 0 amide bonds. The van der Waals surface area contributed by atoms with Crippen LogP contribution in [0.15, 0.2) is 11.8 Å². The van der Waals surface area contributed by atoms with Crippen molar-refractivity contribution in [3.63, 3.8) is 0 Å². The summed E-state index contributed by atoms with van der Waals surface area (Å²) in [4.78, 5) is 11.8. The fourth-order valence-electron chi connectivity index (χ4n) is 5.29. The number of rotatable bonds is 5. The van der Waals surface area contributed by atoms with Gasteiger partial charge in [-0.2, -0.15) is 0 Å². The normalized spacial score (nSPS) is 38.6. The van der Waals surface area contributed by atoms with E-state index in [1.54, 1.807) is 0 Å². The van der Waals surface area contributed by atoms with Crippen molar-refractivity contribution < 1.29 is 33.6 Å². The maximum Gasteiger partial charge on any atom is 0.308 e. The Hall–Kier alpha value is -0.773. The molecule has 0 radical (unpaired) electrons. The number of carbonyl (C=O) groups excluding carboxylic acids is 1. The minimum absolute atomic E-state index is 0.183. The average Bonchev–Trinajstić information content (AvgIpc) is 3.10. The molecule has 3 heterocycles. The number of aliphatic hydroxyl groups is 1. The number of methoxy groups -OCH3 is 1. The van der Waals surface area contributed by atoms with Gasteiger partial charge in [0.1, 0.15) is 30.5 Å². The van der Waals surface area contributed by atoms with E-state index < -0.39 is 32.2 Å². The second kappa shape index (κ2) is 9.23. The molecule has 0 aromatic rings. The fourth-order valence-corrected chi connectivity index (χ4v) is 6.06. The molecule has 3 saturated heterocycles. The first-order valence-electron chi connectivity index (χ1n) is 11.8. The molecule has 8 heteroatoms. The fraction of sp³-hybridized carbons (Fsp3) is 0.870. The van der Waals surface area contributed by atoms with Crippen LogP contribution in [0.2, 0.25) is 19.6 Å². The first-order chi connectivity index (χ1) is 14.7. The number of hydrogen-bond donors (Lipinski definition) is 1. The van der Waals surface area contributed by atoms with Crippen LogP contribution in [0.1, 0.15) is 51.4 Å². The van der Waals surface area contributed by atoms with Gasteiger partial charge in [0.25, 0.3) is 0 Å². The zero-order valence-electron chi connectivity index (χ0n) is 19.2. The van der Waals surface area contributed by atoms with Gasteiger partial charge >= 0.3 is 5.97 Å². The highest BCUT2D eigenvalue weighted by Crippen LogP contribution is 2.48. The van der Waals surface area contributed by atoms with Crippen LogP contribution >= 0.6 is 0 Å². The van der Waals surface area contributed by atoms with E-state index in [-0.39, 0.29) is 36.8 Å². The number of fused-ring (bicyclic) bond motifs is 3. The van der Waals surface area contributed by atoms with Gasteiger partial charge in [-0.05, 0) is 25.7 Å². The van der Waals surface area contributed by atoms with Crippen LogP contribution in [-0.4, -0.2) is 74.8 Å². The molecule has 1 spiro atoms. The molecule has 7 atom stereocenters. The molecule has 0 aromatic carbocycles. The zero-order valence-corrected chi connectivity index (χ0v) is 20.2. The molecule has 1 N–H and O–H groups in total. The molecule has 7 nitrogen and oxygen atoms in total. The third-order valence-electron chi connectivity index (χ3n) is 6.86. The quantitative estimate of drug-likeness (QED) is 0.505. The summed E-state index contributed by atoms with van der Waals surface area (Å²) in [5, 5.41) is 11.0. The van der Waals surface area contributed by atoms with Gasteiger partial charge in [-0.3, -0.25) is 4.79 Å². The first kappa shape index (κ1) is 23.4. The Bertz CT molecular complexity index is 669. The van der Waals surface area contributed by atoms with Crippen molar-refractivity contribution in [2.24, 2.45) is 0 Å². The minimum Gasteiger partial charge on any atom is -0.469 e. The second-order valence-electron chi connectivity index (χ2n) is 10.6. The van der Waals surface area contributed by atoms with Gasteiger partial charge in [0, 0.05) is 12.8 Å². The molecule has 1 aliphatic carbocycles. The lowest BCUT2D eigenvalue weighted by Crippen LogP contribution is -2.62. The Morgan fingerprint density at radius 3 is 2.48 bits per heavy atom. The number of ether oxygens (including phenoxy) is 5. The van der Waals surface area contributed by atoms with Crippen LogP contribution in [0.5, 0.6) is 0 Å². The van der Waals surface area contributed by atoms with E-state index in [9.17, 15) is 9.90 Å². The van der Waals surface area contributed by atoms with Gasteiger partial charge in [-0.25, -0.2) is 0 Å². The van der Waals surface area contributed by atoms with E-state index in [2.05, 4.69) is 25.3 Å². The van der Waals surface area contributed by atoms with Gasteiger partial charge in [-0.1, -0.05) is 37.8 Å². The molecular formula is C23H38O7Si. The van der Waals surface area contributed by atoms with E-state index in [0.717, 1.165) is 32.1 Å². The van der Waals surface area contributed by atoms with E-state index in [1.807, 2.05) is 6.08 Å². The maximum atomic E-state index is 11.8. The van der Waals surface area contributed by atoms with Gasteiger partial charge in [0.2, 0.25) is 0 Å². The Morgan fingerprint density at radius 2 is 1.81 bits per heavy atom. The van der Waals surface area contributed by atoms with Crippen molar-refractivity contribution in [2.45, 2.75) is 120 Å². The Kier molecular flexibility index (Phi) is 6.96. The number of aliphatic hydroxyl groups excluding tert-OH is 1. The summed E-state index contributed by atoms with van der Waals surface area (Å²) >= 11 is 0. The van der Waals surface area contributed by atoms with Crippen LogP contribution in [-0.2, 0) is 28.5 Å². The molecule has 1 saturated carbocycles. The highest BCUT2D eigenvalue weighted by molar-refractivity contribution is 6.80. The third kappa shape index (κ3) is 5.25. The van der Waals surface area contributed by atoms with Crippen LogP contribution in [0.25, 0.3) is 0 Å². The average molecular weight is 455 g/mol. The summed E-state index contributed by atoms with van der Waals surface area (Å²) in [6.07, 6.45) is 6.00. The third-order valence-corrected chi connectivity index (χ3v) is 8.05. The number of hydrogen-bond acceptors (Lipinski definition) is 7. The Labute approximate surface area is 186 Å². The summed E-state index contributed by atoms with van der Waals surface area (Å²) in [5.41, 5.74) is 2.15. The predicted molar refractivity (Wildman–Crippen MR) is 117 cm³/mol. The summed E-state index contributed by atoms with van der Waals surface area (Å²) in [6.45, 7) is 6.71. The summed E-state index contributed by atoms with van der Waals surface area (Å²) in [5.74, 6) is -0.876. The van der Waals surface area contributed by atoms with Gasteiger partial charge < -0.3 is 28.8 Å². The van der Waals surface area contributed by atoms with E-state index in [1.165, 1.54) is 13.5 Å². The molecule has 0 aromatic heterocycles. The Balaban J connectivity index is 1.55. The lowest BCUT2D eigenvalue weighted by molar-refractivity contribution is -0.250. The van der Waals surface area contributed by atoms with Gasteiger partial charge in [-0.15, -0.1) is 0 Å². The monoisotopic (exact) mass is 454 g/mol. The van der Waals surface area contributed by atoms with Gasteiger partial charge in [0.15, 0.2) is 5.79 Å². The molecule has 176 valence electrons. The summed E-state index contributed by atoms with van der Waals surface area (Å²) < 4.78 is 30.7. The van der Waals surface area contributed by atoms with E-state index in [0.29, 0.717) is 6.42 Å². The summed E-state index contributed by atoms with van der Waals surface area (Å²) in [6, 6.07) is 0. The minimum atomic E-state index is -1.46. The number of carbonyl (C=O) groups is 1. The first-order valence-corrected chi connectivity index (χ1v) is 15.4. The van der Waals surface area contributed by atoms with Crippen LogP contribution in [0, 0.1) is 0 Å². The van der Waals surface area contributed by atoms with Crippen molar-refractivity contribution in [1.29, 1.82) is 0 Å². The van der Waals surface area contributed by atoms with Crippen LogP contribution < -0.4 is 0 Å². The summed E-state index contributed by atoms with van der Waals surface area (Å²) in [7, 11) is -0.0584. The molecule has 0 bridgehead atoms. The highest BCUT2D eigenvalue weighted by Gasteiger charge is 2.60. The molecule has 2 unspecified atom stereocenters. The van der Waals surface area contributed by atoms with E-state index >= 15 is 0 Å². The van der Waals surface area contributed by atoms with Crippen LogP contribution in [0.4, 0.5) is 0 Å². The molecule has 4 fully saturated rings. The van der Waals surface area contributed by atoms with Crippen molar-refractivity contribution in [3.05, 3.63) is 11.8 Å². The maximum absolute atomic E-state index is 11.8. The Morgan fingerprint density at radius 1 is 1.10 bits per heavy atom. The number of esters is 1. The lowest BCUT2D eigenvalue weighted by atomic mass is 9.87. The molecule has 3 aliphatic heterocycles. The molecule has 31 heavy (non-hydrogen) atoms. The molecule has 4 rings (SSSR count). The predicted octanol–water partition coefficient (Wildman–Crippen LogP) is 3.10. The van der Waals surface area contributed by atoms with Gasteiger partial charge in [0.05, 0.1) is 33.8 Å². The molecule has 4 aliphatic rings. The molecular weight excluding hydrogens is 416 g/mol. The lowest BCUT2D eigenvalue weighted by Gasteiger charge is -2.47. The van der Waals surface area contributed by atoms with Crippen molar-refractivity contribution in [2.75, 3.05) is 7.11 Å². The second-order valence-corrected chi connectivity index (χ2v) is 15.6. The van der Waals surface area contributed by atoms with Crippen molar-refractivity contribution in [1.82, 2.24) is 0 Å². The smallest absolute Gasteiger partial charge is 0.308 e. The largest absolute Gasteiger partial charge is 0.469 e. The highest BCUT2D eigenvalue weighted by atomic mass is 28.3. The van der Waals surface area contributed by atoms with E-state index in [4.69, 9.17) is 23.7 Å². The topological polar surface area (TPSA) is 83.5 Å². The zero-order chi connectivity index (χ0) is 22.2. The SMILES string of the molecule is COC(=O)C[C@H]1CC[C@@H]2O[C@@H](C(O)/C=C/[Si](C)(C)C)C3OC4(CCCCC4)O[C@H]3[C@H]2O1. The van der Waals surface area contributed by atoms with Crippen molar-refractivity contribution in [3.8, 4) is 0 Å². The van der Waals surface area contributed by atoms with Crippen molar-refractivity contribution >= 4 is 14.0 Å².